The van der Waals surface area contributed by atoms with Crippen molar-refractivity contribution in [2.45, 2.75) is 60.7 Å². The molecule has 0 aromatic heterocycles. The van der Waals surface area contributed by atoms with Gasteiger partial charge in [-0.05, 0) is 0 Å². The summed E-state index contributed by atoms with van der Waals surface area (Å²) >= 11 is -3.87. The molecule has 0 aliphatic heterocycles. The molecule has 0 spiro atoms. The summed E-state index contributed by atoms with van der Waals surface area (Å²) in [6.45, 7) is -3.07. The van der Waals surface area contributed by atoms with E-state index in [-0.39, 0.29) is 0 Å². The smallest absolute Gasteiger partial charge is 0.470 e. The molecule has 0 radical (unpaired) electrons. The van der Waals surface area contributed by atoms with Crippen LogP contribution in [-0.4, -0.2) is 89.7 Å². The number of halogens is 17. The number of phosphoric ester groups is 1. The molecule has 0 heterocycles. The average Bonchev–Trinajstić information content (AvgIpc) is 2.67. The third-order valence-corrected chi connectivity index (χ3v) is 5.71. The first-order chi connectivity index (χ1) is 16.2. The van der Waals surface area contributed by atoms with Crippen molar-refractivity contribution in [3.63, 3.8) is 0 Å². The minimum Gasteiger partial charge on any atom is -0.760 e. The highest BCUT2D eigenvalue weighted by molar-refractivity contribution is 7.76. The Morgan fingerprint density at radius 1 is 0.737 bits per heavy atom. The Morgan fingerprint density at radius 3 is 1.32 bits per heavy atom. The van der Waals surface area contributed by atoms with E-state index in [1.807, 2.05) is 0 Å². The zero-order valence-corrected chi connectivity index (χ0v) is 19.0. The monoisotopic (exact) mass is 650 g/mol. The van der Waals surface area contributed by atoms with Crippen LogP contribution >= 0.6 is 7.82 Å². The lowest BCUT2D eigenvalue weighted by atomic mass is 9.87. The molecule has 0 saturated carbocycles. The Kier molecular flexibility index (Phi) is 10.2. The van der Waals surface area contributed by atoms with Gasteiger partial charge in [0.15, 0.2) is 6.10 Å². The number of rotatable bonds is 13. The maximum Gasteiger partial charge on any atom is 0.470 e. The van der Waals surface area contributed by atoms with Crippen LogP contribution in [0.5, 0.6) is 0 Å². The predicted octanol–water partition coefficient (Wildman–Crippen LogP) is 4.59. The molecule has 38 heavy (non-hydrogen) atoms. The molecule has 0 fully saturated rings. The van der Waals surface area contributed by atoms with Crippen LogP contribution in [-0.2, 0) is 20.4 Å². The van der Waals surface area contributed by atoms with Gasteiger partial charge in [0.25, 0.3) is 0 Å². The van der Waals surface area contributed by atoms with Gasteiger partial charge < -0.3 is 14.3 Å². The number of likely N-dealkylation sites (N-methyl/N-ethyl adjacent to an activating group) is 1. The van der Waals surface area contributed by atoms with E-state index < -0.39 is 90.2 Å². The lowest BCUT2D eigenvalue weighted by Gasteiger charge is -2.44. The van der Waals surface area contributed by atoms with Crippen molar-refractivity contribution in [3.05, 3.63) is 0 Å². The Labute approximate surface area is 200 Å². The Bertz CT molecular complexity index is 922. The SMILES string of the molecule is CCN(CC(OP(=O)(O)O)C(F)(F)C(F)(F)C(F)(F)C(F)(F)C(F)(F)C(F)(F)C(F)(F)C(F)(F)F)S(=O)[O-]. The molecule has 0 rings (SSSR count). The van der Waals surface area contributed by atoms with E-state index in [0.29, 0.717) is 6.92 Å². The molecule has 0 amide bonds. The quantitative estimate of drug-likeness (QED) is 0.172. The van der Waals surface area contributed by atoms with Crippen molar-refractivity contribution in [2.75, 3.05) is 13.1 Å². The van der Waals surface area contributed by atoms with Gasteiger partial charge in [0.2, 0.25) is 0 Å². The number of alkyl halides is 17. The Hall–Kier alpha value is -1.01. The molecule has 0 aliphatic rings. The molecule has 0 saturated heterocycles. The molecular weight excluding hydrogens is 640 g/mol. The minimum absolute atomic E-state index is 0.590. The summed E-state index contributed by atoms with van der Waals surface area (Å²) in [6.07, 6.45) is -12.6. The highest BCUT2D eigenvalue weighted by Crippen LogP contribution is 2.64. The second kappa shape index (κ2) is 10.4. The van der Waals surface area contributed by atoms with Crippen molar-refractivity contribution in [1.82, 2.24) is 4.31 Å². The third kappa shape index (κ3) is 5.87. The maximum atomic E-state index is 14.3. The second-order valence-corrected chi connectivity index (χ2v) is 8.99. The van der Waals surface area contributed by atoms with Crippen molar-refractivity contribution >= 4 is 19.1 Å². The summed E-state index contributed by atoms with van der Waals surface area (Å²) in [4.78, 5) is 17.0. The van der Waals surface area contributed by atoms with Crippen LogP contribution in [0.1, 0.15) is 6.92 Å². The van der Waals surface area contributed by atoms with Crippen molar-refractivity contribution in [3.8, 4) is 0 Å². The topological polar surface area (TPSA) is 110 Å². The fourth-order valence-electron chi connectivity index (χ4n) is 2.24. The van der Waals surface area contributed by atoms with Crippen LogP contribution in [0.15, 0.2) is 0 Å². The number of hydrogen-bond acceptors (Lipinski definition) is 4. The summed E-state index contributed by atoms with van der Waals surface area (Å²) in [7, 11) is -6.64. The van der Waals surface area contributed by atoms with E-state index in [1.165, 1.54) is 0 Å². The minimum atomic E-state index is -8.93. The number of phosphoric acid groups is 1. The first-order valence-corrected chi connectivity index (χ1v) is 11.1. The normalized spacial score (nSPS) is 17.6. The van der Waals surface area contributed by atoms with Crippen molar-refractivity contribution in [1.29, 1.82) is 0 Å². The summed E-state index contributed by atoms with van der Waals surface area (Å²) in [5.74, 6) is -59.4. The molecular formula is C12H10F17NO6PS-. The van der Waals surface area contributed by atoms with Crippen LogP contribution in [0.3, 0.4) is 0 Å². The fraction of sp³-hybridized carbons (Fsp3) is 1.00. The van der Waals surface area contributed by atoms with Gasteiger partial charge in [-0.1, -0.05) is 6.92 Å². The van der Waals surface area contributed by atoms with E-state index in [0.717, 1.165) is 0 Å². The van der Waals surface area contributed by atoms with Gasteiger partial charge >= 0.3 is 55.5 Å². The van der Waals surface area contributed by atoms with Crippen LogP contribution in [0.2, 0.25) is 0 Å². The standard InChI is InChI=1S/C12H11F17NO6PS/c1-2-30(38(34)35)3-4(36-37(31,32)33)5(13,14)6(15,16)7(17,18)8(19,20)9(21,22)10(23,24)11(25,26)12(27,28)29/h4H,2-3H2,1H3,(H,34,35)(H2,31,32,33)/p-1. The Balaban J connectivity index is 7.09. The predicted molar refractivity (Wildman–Crippen MR) is 83.8 cm³/mol. The molecule has 2 N–H and O–H groups in total. The largest absolute Gasteiger partial charge is 0.760 e. The van der Waals surface area contributed by atoms with E-state index in [1.54, 1.807) is 0 Å². The number of hydrogen-bond donors (Lipinski definition) is 2. The lowest BCUT2D eigenvalue weighted by molar-refractivity contribution is -0.463. The van der Waals surface area contributed by atoms with E-state index in [9.17, 15) is 88.0 Å². The van der Waals surface area contributed by atoms with Gasteiger partial charge in [-0.25, -0.2) is 8.87 Å². The highest BCUT2D eigenvalue weighted by Gasteiger charge is 2.95. The molecule has 230 valence electrons. The van der Waals surface area contributed by atoms with Crippen LogP contribution in [0.4, 0.5) is 74.6 Å². The molecule has 7 nitrogen and oxygen atoms in total. The van der Waals surface area contributed by atoms with E-state index >= 15 is 0 Å². The van der Waals surface area contributed by atoms with Gasteiger partial charge in [0, 0.05) is 24.4 Å². The van der Waals surface area contributed by atoms with E-state index in [2.05, 4.69) is 4.52 Å². The number of nitrogens with zero attached hydrogens (tertiary/aromatic N) is 1. The van der Waals surface area contributed by atoms with Gasteiger partial charge in [0.1, 0.15) is 0 Å². The van der Waals surface area contributed by atoms with Crippen LogP contribution in [0.25, 0.3) is 0 Å². The van der Waals surface area contributed by atoms with Gasteiger partial charge in [-0.15, -0.1) is 0 Å². The lowest BCUT2D eigenvalue weighted by Crippen LogP contribution is -2.75. The summed E-state index contributed by atoms with van der Waals surface area (Å²) in [5.41, 5.74) is 0. The zero-order chi connectivity index (χ0) is 31.4. The third-order valence-electron chi connectivity index (χ3n) is 4.35. The molecule has 26 heteroatoms. The van der Waals surface area contributed by atoms with E-state index in [4.69, 9.17) is 9.79 Å². The van der Waals surface area contributed by atoms with Crippen molar-refractivity contribution in [2.24, 2.45) is 0 Å². The fourth-order valence-corrected chi connectivity index (χ4v) is 3.24. The second-order valence-electron chi connectivity index (χ2n) is 6.85. The Morgan fingerprint density at radius 2 is 1.05 bits per heavy atom. The van der Waals surface area contributed by atoms with Gasteiger partial charge in [0.05, 0.1) is 0 Å². The molecule has 2 atom stereocenters. The zero-order valence-electron chi connectivity index (χ0n) is 17.2. The molecule has 0 aromatic carbocycles. The summed E-state index contributed by atoms with van der Waals surface area (Å²) in [6, 6.07) is 0. The molecule has 0 aliphatic carbocycles. The van der Waals surface area contributed by atoms with Crippen LogP contribution in [0, 0.1) is 0 Å². The first-order valence-electron chi connectivity index (χ1n) is 8.52. The highest BCUT2D eigenvalue weighted by atomic mass is 32.2. The molecule has 0 aromatic rings. The maximum absolute atomic E-state index is 14.3. The summed E-state index contributed by atoms with van der Waals surface area (Å²) < 4.78 is 262. The van der Waals surface area contributed by atoms with Crippen LogP contribution < -0.4 is 0 Å². The van der Waals surface area contributed by atoms with Crippen molar-refractivity contribution < 1.29 is 102 Å². The molecule has 0 bridgehead atoms. The molecule has 2 unspecified atom stereocenters. The van der Waals surface area contributed by atoms with Gasteiger partial charge in [-0.2, -0.15) is 74.6 Å². The first kappa shape index (κ1) is 37.0. The van der Waals surface area contributed by atoms with Gasteiger partial charge in [-0.3, -0.25) is 8.73 Å². The average molecular weight is 650 g/mol. The summed E-state index contributed by atoms with van der Waals surface area (Å²) in [5, 5.41) is 0.